The maximum Gasteiger partial charge on any atom is 0.496 e. The largest absolute Gasteiger partial charge is 0.508 e. The number of phenolic OH excluding ortho intramolecular Hbond substituents is 1. The number of phenols is 1. The van der Waals surface area contributed by atoms with E-state index in [0.717, 1.165) is 35.6 Å². The van der Waals surface area contributed by atoms with Crippen molar-refractivity contribution in [3.05, 3.63) is 94.3 Å². The van der Waals surface area contributed by atoms with Crippen molar-refractivity contribution in [1.29, 1.82) is 0 Å². The van der Waals surface area contributed by atoms with Gasteiger partial charge in [-0.3, -0.25) is 4.79 Å². The Morgan fingerprint density at radius 3 is 2.45 bits per heavy atom. The normalized spacial score (nSPS) is 18.8. The molecule has 12 nitrogen and oxygen atoms in total. The van der Waals surface area contributed by atoms with Gasteiger partial charge in [-0.25, -0.2) is 5.32 Å². The molecule has 0 saturated carbocycles. The molecule has 1 unspecified atom stereocenters. The number of fused-ring (bicyclic) bond motifs is 1. The van der Waals surface area contributed by atoms with Gasteiger partial charge in [0.05, 0.1) is 17.9 Å². The van der Waals surface area contributed by atoms with Crippen molar-refractivity contribution in [3.63, 3.8) is 0 Å². The van der Waals surface area contributed by atoms with Gasteiger partial charge >= 0.3 is 16.1 Å². The Labute approximate surface area is 292 Å². The number of carbonyl (C=O) groups is 2. The van der Waals surface area contributed by atoms with E-state index in [-0.39, 0.29) is 28.9 Å². The Bertz CT molecular complexity index is 2020. The van der Waals surface area contributed by atoms with Crippen LogP contribution in [0.2, 0.25) is 4.34 Å². The molecule has 1 aromatic heterocycles. The molecule has 1 fully saturated rings. The van der Waals surface area contributed by atoms with E-state index in [2.05, 4.69) is 12.4 Å². The minimum atomic E-state index is -4.09. The van der Waals surface area contributed by atoms with Crippen molar-refractivity contribution in [3.8, 4) is 23.0 Å². The van der Waals surface area contributed by atoms with Crippen molar-refractivity contribution in [1.82, 2.24) is 0 Å². The molecule has 1 saturated heterocycles. The lowest BCUT2D eigenvalue weighted by Crippen LogP contribution is -2.56. The Morgan fingerprint density at radius 1 is 1.04 bits per heavy atom. The van der Waals surface area contributed by atoms with Crippen LogP contribution in [0.4, 0.5) is 10.5 Å². The number of halogens is 1. The van der Waals surface area contributed by atoms with E-state index in [4.69, 9.17) is 31.0 Å². The molecular formula is C34H35ClN4O8S2+2. The molecule has 4 aromatic rings. The second kappa shape index (κ2) is 14.1. The summed E-state index contributed by atoms with van der Waals surface area (Å²) >= 11 is 6.77. The number of thiophene rings is 1. The smallest absolute Gasteiger partial charge is 0.496 e. The molecule has 0 aliphatic carbocycles. The molecule has 3 aromatic carbocycles. The first-order valence-corrected chi connectivity index (χ1v) is 18.0. The van der Waals surface area contributed by atoms with Crippen molar-refractivity contribution >= 4 is 56.4 Å². The third kappa shape index (κ3) is 8.16. The number of rotatable bonds is 10. The van der Waals surface area contributed by atoms with Crippen LogP contribution in [-0.4, -0.2) is 73.2 Å². The fourth-order valence-electron chi connectivity index (χ4n) is 6.13. The molecule has 3 heterocycles. The summed E-state index contributed by atoms with van der Waals surface area (Å²) < 4.78 is 43.9. The number of hydrogen-bond donors (Lipinski definition) is 3. The van der Waals surface area contributed by atoms with Gasteiger partial charge in [-0.2, -0.15) is 17.8 Å². The summed E-state index contributed by atoms with van der Waals surface area (Å²) in [5.74, 6) is 0.826. The molecular weight excluding hydrogens is 692 g/mol. The highest BCUT2D eigenvalue weighted by atomic mass is 35.5. The Kier molecular flexibility index (Phi) is 9.84. The van der Waals surface area contributed by atoms with Crippen LogP contribution in [0.3, 0.4) is 0 Å². The van der Waals surface area contributed by atoms with Crippen LogP contribution in [0, 0.1) is 0 Å². The number of ether oxygens (including phenoxy) is 2. The van der Waals surface area contributed by atoms with Crippen LogP contribution in [0.1, 0.15) is 24.0 Å². The van der Waals surface area contributed by atoms with E-state index < -0.39 is 28.1 Å². The molecule has 4 N–H and O–H groups in total. The van der Waals surface area contributed by atoms with Crippen LogP contribution in [0.25, 0.3) is 0 Å². The Morgan fingerprint density at radius 2 is 1.76 bits per heavy atom. The lowest BCUT2D eigenvalue weighted by Gasteiger charge is -2.38. The van der Waals surface area contributed by atoms with E-state index >= 15 is 0 Å². The summed E-state index contributed by atoms with van der Waals surface area (Å²) in [7, 11) is -1.99. The van der Waals surface area contributed by atoms with Crippen LogP contribution >= 0.6 is 22.9 Å². The van der Waals surface area contributed by atoms with Crippen LogP contribution < -0.4 is 24.7 Å². The standard InChI is InChI=1S/C34H33ClN4O8S2/c1-39(19-23-6-13-29-30(18-23)46-21-45-29)16-2-3-25(20-39)38(28(33(36)41)17-22-4-9-26(40)10-5-22)34(42)37-24-7-11-27(12-8-24)47-49(43,44)32-15-14-31(35)48-32/h4-15,18,28H,2-3,16-17,19-21H2,1H3,(H2-2,36,37,40,41,42)/p+2/b38-25+/t28-,39?/m0/s1. The number of quaternary nitrogens is 1. The van der Waals surface area contributed by atoms with Gasteiger partial charge < -0.3 is 29.0 Å². The number of carbonyl (C=O) groups excluding carboxylic acids is 2. The van der Waals surface area contributed by atoms with Crippen molar-refractivity contribution in [2.24, 2.45) is 5.73 Å². The van der Waals surface area contributed by atoms with E-state index in [1.807, 2.05) is 18.2 Å². The van der Waals surface area contributed by atoms with Gasteiger partial charge in [-0.05, 0) is 72.3 Å². The fraction of sp³-hybridized carbons (Fsp3) is 0.265. The monoisotopic (exact) mass is 726 g/mol. The van der Waals surface area contributed by atoms with Crippen LogP contribution in [0.5, 0.6) is 23.0 Å². The molecule has 2 aliphatic rings. The number of hydrogen-bond acceptors (Lipinski definition) is 9. The lowest BCUT2D eigenvalue weighted by atomic mass is 10.0. The number of urea groups is 1. The second-order valence-electron chi connectivity index (χ2n) is 12.2. The third-order valence-corrected chi connectivity index (χ3v) is 11.3. The summed E-state index contributed by atoms with van der Waals surface area (Å²) in [5, 5.41) is 12.7. The highest BCUT2D eigenvalue weighted by molar-refractivity contribution is 7.89. The minimum Gasteiger partial charge on any atom is -0.508 e. The van der Waals surface area contributed by atoms with Gasteiger partial charge in [-0.1, -0.05) is 23.7 Å². The lowest BCUT2D eigenvalue weighted by molar-refractivity contribution is -0.918. The summed E-state index contributed by atoms with van der Waals surface area (Å²) in [4.78, 5) is 27.3. The van der Waals surface area contributed by atoms with Gasteiger partial charge in [0, 0.05) is 24.8 Å². The zero-order chi connectivity index (χ0) is 34.8. The number of aromatic hydroxyl groups is 1. The van der Waals surface area contributed by atoms with E-state index in [0.29, 0.717) is 51.1 Å². The second-order valence-corrected chi connectivity index (χ2v) is 15.7. The minimum absolute atomic E-state index is 0.0370. The SMILES string of the molecule is C[N+]1(Cc2ccc3c(c2)OCO3)CCC/C(=[N+](\C(=O)Nc2ccc(OS(=O)(=O)c3ccc(Cl)s3)cc2)[C@@H](Cc2ccc(O)cc2)C(N)=O)C1. The number of anilines is 1. The average molecular weight is 727 g/mol. The summed E-state index contributed by atoms with van der Waals surface area (Å²) in [6.45, 7) is 2.14. The van der Waals surface area contributed by atoms with Crippen molar-refractivity contribution in [2.45, 2.75) is 36.1 Å². The number of nitrogens with zero attached hydrogens (tertiary/aromatic N) is 2. The molecule has 3 amide bonds. The average Bonchev–Trinajstić information content (AvgIpc) is 3.71. The van der Waals surface area contributed by atoms with Gasteiger partial charge in [0.1, 0.15) is 36.0 Å². The third-order valence-electron chi connectivity index (χ3n) is 8.40. The molecule has 6 rings (SSSR count). The summed E-state index contributed by atoms with van der Waals surface area (Å²) in [5.41, 5.74) is 8.84. The summed E-state index contributed by atoms with van der Waals surface area (Å²) in [6.07, 6.45) is 1.45. The zero-order valence-electron chi connectivity index (χ0n) is 26.5. The first-order chi connectivity index (χ1) is 23.4. The first kappa shape index (κ1) is 34.2. The number of nitrogens with one attached hydrogen (secondary N) is 1. The maximum atomic E-state index is 14.2. The summed E-state index contributed by atoms with van der Waals surface area (Å²) in [6, 6.07) is 19.3. The molecule has 0 spiro atoms. The number of likely N-dealkylation sites (tertiary alicyclic amines) is 1. The number of nitrogens with two attached hydrogens (primary N) is 1. The van der Waals surface area contributed by atoms with E-state index in [1.54, 1.807) is 12.1 Å². The molecule has 15 heteroatoms. The van der Waals surface area contributed by atoms with Gasteiger partial charge in [-0.15, -0.1) is 11.3 Å². The Hall–Kier alpha value is -4.63. The van der Waals surface area contributed by atoms with Gasteiger partial charge in [0.2, 0.25) is 6.79 Å². The predicted molar refractivity (Wildman–Crippen MR) is 184 cm³/mol. The quantitative estimate of drug-likeness (QED) is 0.115. The molecule has 49 heavy (non-hydrogen) atoms. The zero-order valence-corrected chi connectivity index (χ0v) is 28.9. The van der Waals surface area contributed by atoms with Crippen LogP contribution in [0.15, 0.2) is 83.1 Å². The van der Waals surface area contributed by atoms with Crippen molar-refractivity contribution < 1.29 is 45.8 Å². The topological polar surface area (TPSA) is 157 Å². The Balaban J connectivity index is 1.28. The molecule has 256 valence electrons. The molecule has 0 bridgehead atoms. The predicted octanol–water partition coefficient (Wildman–Crippen LogP) is 5.13. The number of piperidine rings is 1. The maximum absolute atomic E-state index is 14.2. The van der Waals surface area contributed by atoms with E-state index in [9.17, 15) is 23.1 Å². The number of benzene rings is 3. The van der Waals surface area contributed by atoms with Gasteiger partial charge in [0.15, 0.2) is 21.8 Å². The first-order valence-electron chi connectivity index (χ1n) is 15.4. The van der Waals surface area contributed by atoms with E-state index in [1.165, 1.54) is 53.1 Å². The number of primary amides is 1. The number of amides is 3. The molecule has 0 radical (unpaired) electrons. The van der Waals surface area contributed by atoms with Gasteiger partial charge in [0.25, 0.3) is 5.91 Å². The fourth-order valence-corrected chi connectivity index (χ4v) is 8.51. The molecule has 2 aliphatic heterocycles. The van der Waals surface area contributed by atoms with Crippen molar-refractivity contribution in [2.75, 3.05) is 32.2 Å². The highest BCUT2D eigenvalue weighted by Crippen LogP contribution is 2.34. The highest BCUT2D eigenvalue weighted by Gasteiger charge is 2.39. The van der Waals surface area contributed by atoms with Crippen LogP contribution in [-0.2, 0) is 27.9 Å². The molecule has 2 atom stereocenters.